The highest BCUT2D eigenvalue weighted by Crippen LogP contribution is 2.27. The molecule has 1 fully saturated rings. The van der Waals surface area contributed by atoms with Crippen molar-refractivity contribution in [2.45, 2.75) is 66.0 Å². The number of fused-ring (bicyclic) bond motifs is 1. The van der Waals surface area contributed by atoms with Crippen molar-refractivity contribution in [2.75, 3.05) is 13.1 Å². The number of rotatable bonds is 4. The van der Waals surface area contributed by atoms with Gasteiger partial charge in [0.05, 0.1) is 11.1 Å². The lowest BCUT2D eigenvalue weighted by Gasteiger charge is -2.33. The topological polar surface area (TPSA) is 86.8 Å². The van der Waals surface area contributed by atoms with Crippen LogP contribution in [0.1, 0.15) is 85.0 Å². The first-order valence-corrected chi connectivity index (χ1v) is 10.6. The maximum absolute atomic E-state index is 12.9. The zero-order chi connectivity index (χ0) is 22.2. The van der Waals surface area contributed by atoms with E-state index in [-0.39, 0.29) is 41.1 Å². The summed E-state index contributed by atoms with van der Waals surface area (Å²) in [6.45, 7) is 10.8. The third-order valence-electron chi connectivity index (χ3n) is 5.52. The molecule has 3 rings (SSSR count). The first-order chi connectivity index (χ1) is 14.0. The fraction of sp³-hybridized carbons (Fsp3) is 0.565. The second-order valence-electron chi connectivity index (χ2n) is 9.71. The number of piperidine rings is 1. The Balaban J connectivity index is 1.62. The molecular weight excluding hydrogens is 382 g/mol. The Hall–Kier alpha value is -2.70. The quantitative estimate of drug-likeness (QED) is 0.769. The monoisotopic (exact) mass is 413 g/mol. The normalized spacial score (nSPS) is 17.5. The fourth-order valence-corrected chi connectivity index (χ4v) is 4.03. The van der Waals surface area contributed by atoms with Crippen LogP contribution in [0.5, 0.6) is 0 Å². The Morgan fingerprint density at radius 1 is 1.07 bits per heavy atom. The van der Waals surface area contributed by atoms with Crippen molar-refractivity contribution in [3.63, 3.8) is 0 Å². The van der Waals surface area contributed by atoms with Crippen LogP contribution >= 0.6 is 0 Å². The van der Waals surface area contributed by atoms with Gasteiger partial charge in [-0.25, -0.2) is 0 Å². The number of likely N-dealkylation sites (tertiary alicyclic amines) is 1. The second-order valence-corrected chi connectivity index (χ2v) is 9.71. The number of carbonyl (C=O) groups excluding carboxylic acids is 4. The zero-order valence-corrected chi connectivity index (χ0v) is 18.4. The smallest absolute Gasteiger partial charge is 0.261 e. The van der Waals surface area contributed by atoms with E-state index in [2.05, 4.69) is 5.32 Å². The Labute approximate surface area is 177 Å². The van der Waals surface area contributed by atoms with E-state index in [1.807, 2.05) is 20.8 Å². The van der Waals surface area contributed by atoms with E-state index >= 15 is 0 Å². The van der Waals surface area contributed by atoms with Gasteiger partial charge in [-0.1, -0.05) is 20.8 Å². The molecule has 0 atom stereocenters. The van der Waals surface area contributed by atoms with Gasteiger partial charge >= 0.3 is 0 Å². The molecular formula is C23H31N3O4. The van der Waals surface area contributed by atoms with Crippen molar-refractivity contribution in [3.05, 3.63) is 34.9 Å². The summed E-state index contributed by atoms with van der Waals surface area (Å²) in [5, 5.41) is 3.07. The summed E-state index contributed by atoms with van der Waals surface area (Å²) in [6, 6.07) is 4.57. The molecule has 1 aromatic rings. The minimum Gasteiger partial charge on any atom is -0.353 e. The van der Waals surface area contributed by atoms with Gasteiger partial charge < -0.3 is 10.2 Å². The van der Waals surface area contributed by atoms with Crippen molar-refractivity contribution in [1.29, 1.82) is 0 Å². The van der Waals surface area contributed by atoms with Crippen LogP contribution in [0.25, 0.3) is 0 Å². The molecule has 2 aliphatic heterocycles. The van der Waals surface area contributed by atoms with Crippen molar-refractivity contribution >= 4 is 23.6 Å². The van der Waals surface area contributed by atoms with Gasteiger partial charge in [0.25, 0.3) is 17.7 Å². The summed E-state index contributed by atoms with van der Waals surface area (Å²) in [4.78, 5) is 53.1. The first-order valence-electron chi connectivity index (χ1n) is 10.6. The molecule has 4 amide bonds. The molecule has 0 spiro atoms. The number of nitrogens with zero attached hydrogens (tertiary/aromatic N) is 2. The maximum Gasteiger partial charge on any atom is 0.261 e. The molecule has 1 saturated heterocycles. The van der Waals surface area contributed by atoms with E-state index < -0.39 is 0 Å². The Morgan fingerprint density at radius 2 is 1.67 bits per heavy atom. The van der Waals surface area contributed by atoms with Crippen LogP contribution in [-0.2, 0) is 4.79 Å². The lowest BCUT2D eigenvalue weighted by molar-refractivity contribution is -0.123. The van der Waals surface area contributed by atoms with Gasteiger partial charge in [-0.05, 0) is 50.3 Å². The van der Waals surface area contributed by atoms with Gasteiger partial charge in [-0.3, -0.25) is 24.1 Å². The zero-order valence-electron chi connectivity index (χ0n) is 18.4. The van der Waals surface area contributed by atoms with Crippen LogP contribution in [0.4, 0.5) is 0 Å². The third kappa shape index (κ3) is 4.55. The van der Waals surface area contributed by atoms with Crippen LogP contribution in [-0.4, -0.2) is 58.6 Å². The highest BCUT2D eigenvalue weighted by Gasteiger charge is 2.38. The van der Waals surface area contributed by atoms with Gasteiger partial charge in [-0.15, -0.1) is 0 Å². The molecule has 0 saturated carbocycles. The number of hydrogen-bond acceptors (Lipinski definition) is 4. The highest BCUT2D eigenvalue weighted by atomic mass is 16.2. The average molecular weight is 414 g/mol. The summed E-state index contributed by atoms with van der Waals surface area (Å²) >= 11 is 0. The lowest BCUT2D eigenvalue weighted by atomic mass is 9.91. The molecule has 2 heterocycles. The number of nitrogens with one attached hydrogen (secondary N) is 1. The standard InChI is InChI=1S/C23H31N3O4/c1-14(2)26-21(29)17-7-6-15(12-18(17)22(26)30)20(28)25-10-8-16(9-11-25)24-19(27)13-23(3,4)5/h6-7,12,14,16H,8-11,13H2,1-5H3,(H,24,27). The number of amides is 4. The van der Waals surface area contributed by atoms with E-state index in [0.29, 0.717) is 49.0 Å². The van der Waals surface area contributed by atoms with Crippen LogP contribution in [0.2, 0.25) is 0 Å². The molecule has 0 aliphatic carbocycles. The van der Waals surface area contributed by atoms with Crippen LogP contribution in [0, 0.1) is 5.41 Å². The highest BCUT2D eigenvalue weighted by molar-refractivity contribution is 6.22. The average Bonchev–Trinajstić information content (AvgIpc) is 2.90. The first kappa shape index (κ1) is 22.0. The molecule has 1 aromatic carbocycles. The lowest BCUT2D eigenvalue weighted by Crippen LogP contribution is -2.47. The molecule has 1 N–H and O–H groups in total. The molecule has 162 valence electrons. The molecule has 0 unspecified atom stereocenters. The minimum absolute atomic E-state index is 0.0452. The van der Waals surface area contributed by atoms with Gasteiger partial charge in [-0.2, -0.15) is 0 Å². The van der Waals surface area contributed by atoms with E-state index in [1.165, 1.54) is 11.0 Å². The second kappa shape index (κ2) is 8.20. The predicted octanol–water partition coefficient (Wildman–Crippen LogP) is 2.85. The Bertz CT molecular complexity index is 877. The largest absolute Gasteiger partial charge is 0.353 e. The van der Waals surface area contributed by atoms with Gasteiger partial charge in [0.15, 0.2) is 0 Å². The number of imide groups is 1. The van der Waals surface area contributed by atoms with Crippen LogP contribution in [0.15, 0.2) is 18.2 Å². The van der Waals surface area contributed by atoms with Crippen molar-refractivity contribution < 1.29 is 19.2 Å². The summed E-state index contributed by atoms with van der Waals surface area (Å²) in [5.74, 6) is -0.764. The molecule has 30 heavy (non-hydrogen) atoms. The molecule has 7 heteroatoms. The number of carbonyl (C=O) groups is 4. The summed E-state index contributed by atoms with van der Waals surface area (Å²) in [7, 11) is 0. The molecule has 0 radical (unpaired) electrons. The van der Waals surface area contributed by atoms with Crippen molar-refractivity contribution in [3.8, 4) is 0 Å². The third-order valence-corrected chi connectivity index (χ3v) is 5.52. The summed E-state index contributed by atoms with van der Waals surface area (Å²) < 4.78 is 0. The van der Waals surface area contributed by atoms with Crippen LogP contribution < -0.4 is 5.32 Å². The molecule has 2 aliphatic rings. The minimum atomic E-state index is -0.347. The van der Waals surface area contributed by atoms with E-state index in [1.54, 1.807) is 30.9 Å². The summed E-state index contributed by atoms with van der Waals surface area (Å²) in [6.07, 6.45) is 1.87. The van der Waals surface area contributed by atoms with Crippen molar-refractivity contribution in [1.82, 2.24) is 15.1 Å². The Morgan fingerprint density at radius 3 is 2.23 bits per heavy atom. The SMILES string of the molecule is CC(C)N1C(=O)c2ccc(C(=O)N3CCC(NC(=O)CC(C)(C)C)CC3)cc2C1=O. The van der Waals surface area contributed by atoms with Crippen molar-refractivity contribution in [2.24, 2.45) is 5.41 Å². The Kier molecular flexibility index (Phi) is 6.01. The predicted molar refractivity (Wildman–Crippen MR) is 113 cm³/mol. The number of benzene rings is 1. The van der Waals surface area contributed by atoms with E-state index in [4.69, 9.17) is 0 Å². The summed E-state index contributed by atoms with van der Waals surface area (Å²) in [5.41, 5.74) is 1.00. The van der Waals surface area contributed by atoms with Crippen LogP contribution in [0.3, 0.4) is 0 Å². The van der Waals surface area contributed by atoms with Gasteiger partial charge in [0, 0.05) is 37.2 Å². The van der Waals surface area contributed by atoms with Gasteiger partial charge in [0.1, 0.15) is 0 Å². The molecule has 7 nitrogen and oxygen atoms in total. The van der Waals surface area contributed by atoms with E-state index in [9.17, 15) is 19.2 Å². The fourth-order valence-electron chi connectivity index (χ4n) is 4.03. The van der Waals surface area contributed by atoms with Gasteiger partial charge in [0.2, 0.25) is 5.91 Å². The molecule has 0 aromatic heterocycles. The van der Waals surface area contributed by atoms with E-state index in [0.717, 1.165) is 0 Å². The molecule has 0 bridgehead atoms. The number of hydrogen-bond donors (Lipinski definition) is 1. The maximum atomic E-state index is 12.9.